The fraction of sp³-hybridized carbons (Fsp3) is 0.500. The fourth-order valence-electron chi connectivity index (χ4n) is 2.49. The highest BCUT2D eigenvalue weighted by Crippen LogP contribution is 2.44. The average molecular weight is 220 g/mol. The van der Waals surface area contributed by atoms with Gasteiger partial charge in [0.05, 0.1) is 5.41 Å². The maximum atomic E-state index is 11.7. The third-order valence-corrected chi connectivity index (χ3v) is 3.44. The minimum Gasteiger partial charge on any atom is -0.481 e. The zero-order chi connectivity index (χ0) is 12.4. The number of carboxylic acids is 1. The molecule has 0 heterocycles. The van der Waals surface area contributed by atoms with Crippen LogP contribution in [-0.2, 0) is 10.2 Å². The van der Waals surface area contributed by atoms with Gasteiger partial charge in [0.15, 0.2) is 0 Å². The highest BCUT2D eigenvalue weighted by atomic mass is 16.4. The van der Waals surface area contributed by atoms with Crippen LogP contribution in [0.25, 0.3) is 0 Å². The Hall–Kier alpha value is -1.31. The van der Waals surface area contributed by atoms with Crippen molar-refractivity contribution >= 4 is 5.97 Å². The Morgan fingerprint density at radius 3 is 2.00 bits per heavy atom. The van der Waals surface area contributed by atoms with Crippen molar-refractivity contribution in [2.24, 2.45) is 5.41 Å². The third kappa shape index (κ3) is 1.84. The van der Waals surface area contributed by atoms with Gasteiger partial charge in [-0.1, -0.05) is 58.0 Å². The van der Waals surface area contributed by atoms with Crippen LogP contribution in [0.15, 0.2) is 30.3 Å². The highest BCUT2D eigenvalue weighted by Gasteiger charge is 2.48. The summed E-state index contributed by atoms with van der Waals surface area (Å²) in [7, 11) is 0. The second kappa shape index (κ2) is 4.28. The molecule has 1 rings (SSSR count). The van der Waals surface area contributed by atoms with Crippen LogP contribution in [0.1, 0.15) is 39.7 Å². The lowest BCUT2D eigenvalue weighted by Crippen LogP contribution is -2.46. The van der Waals surface area contributed by atoms with Crippen LogP contribution >= 0.6 is 0 Å². The minimum absolute atomic E-state index is 0.311. The molecule has 0 spiro atoms. The molecule has 88 valence electrons. The minimum atomic E-state index is -0.811. The Balaban J connectivity index is 3.42. The molecule has 2 heteroatoms. The summed E-state index contributed by atoms with van der Waals surface area (Å²) in [5, 5.41) is 9.61. The Labute approximate surface area is 97.3 Å². The summed E-state index contributed by atoms with van der Waals surface area (Å²) in [5.74, 6) is -0.742. The predicted molar refractivity (Wildman–Crippen MR) is 65.5 cm³/mol. The van der Waals surface area contributed by atoms with Gasteiger partial charge in [-0.25, -0.2) is 0 Å². The molecule has 0 aromatic heterocycles. The summed E-state index contributed by atoms with van der Waals surface area (Å²) in [4.78, 5) is 11.7. The summed E-state index contributed by atoms with van der Waals surface area (Å²) < 4.78 is 0. The fourth-order valence-corrected chi connectivity index (χ4v) is 2.49. The van der Waals surface area contributed by atoms with E-state index >= 15 is 0 Å². The Morgan fingerprint density at radius 1 is 1.19 bits per heavy atom. The van der Waals surface area contributed by atoms with Crippen molar-refractivity contribution in [3.63, 3.8) is 0 Å². The van der Waals surface area contributed by atoms with E-state index in [1.165, 1.54) is 0 Å². The van der Waals surface area contributed by atoms with Crippen molar-refractivity contribution in [3.05, 3.63) is 35.9 Å². The molecule has 1 unspecified atom stereocenters. The molecule has 0 fully saturated rings. The lowest BCUT2D eigenvalue weighted by molar-refractivity contribution is -0.148. The average Bonchev–Trinajstić information content (AvgIpc) is 2.18. The molecular formula is C14H20O2. The van der Waals surface area contributed by atoms with Gasteiger partial charge in [-0.15, -0.1) is 0 Å². The second-order valence-electron chi connectivity index (χ2n) is 5.18. The molecule has 1 aromatic rings. The van der Waals surface area contributed by atoms with Crippen LogP contribution in [0.3, 0.4) is 0 Å². The molecule has 0 aliphatic carbocycles. The molecular weight excluding hydrogens is 200 g/mol. The molecule has 0 amide bonds. The van der Waals surface area contributed by atoms with Crippen LogP contribution in [0.4, 0.5) is 0 Å². The third-order valence-electron chi connectivity index (χ3n) is 3.44. The van der Waals surface area contributed by atoms with Crippen LogP contribution in [0.2, 0.25) is 0 Å². The number of hydrogen-bond acceptors (Lipinski definition) is 1. The first-order chi connectivity index (χ1) is 7.36. The van der Waals surface area contributed by atoms with Gasteiger partial charge in [0.25, 0.3) is 0 Å². The van der Waals surface area contributed by atoms with E-state index in [-0.39, 0.29) is 5.41 Å². The van der Waals surface area contributed by atoms with E-state index in [0.717, 1.165) is 5.56 Å². The smallest absolute Gasteiger partial charge is 0.314 e. The van der Waals surface area contributed by atoms with Gasteiger partial charge in [-0.2, -0.15) is 0 Å². The van der Waals surface area contributed by atoms with Gasteiger partial charge in [0.2, 0.25) is 0 Å². The largest absolute Gasteiger partial charge is 0.481 e. The van der Waals surface area contributed by atoms with Gasteiger partial charge in [0.1, 0.15) is 0 Å². The summed E-state index contributed by atoms with van der Waals surface area (Å²) in [6, 6.07) is 9.52. The topological polar surface area (TPSA) is 37.3 Å². The number of aliphatic carboxylic acids is 1. The lowest BCUT2D eigenvalue weighted by atomic mass is 9.61. The summed E-state index contributed by atoms with van der Waals surface area (Å²) in [5.41, 5.74) is -0.235. The molecule has 0 saturated carbocycles. The summed E-state index contributed by atoms with van der Waals surface area (Å²) in [6.07, 6.45) is 0.593. The summed E-state index contributed by atoms with van der Waals surface area (Å²) in [6.45, 7) is 7.89. The molecule has 1 atom stereocenters. The molecule has 1 aromatic carbocycles. The van der Waals surface area contributed by atoms with E-state index in [1.54, 1.807) is 0 Å². The van der Waals surface area contributed by atoms with Gasteiger partial charge >= 0.3 is 5.97 Å². The zero-order valence-electron chi connectivity index (χ0n) is 10.4. The molecule has 0 saturated heterocycles. The van der Waals surface area contributed by atoms with Crippen molar-refractivity contribution < 1.29 is 9.90 Å². The molecule has 0 aliphatic heterocycles. The van der Waals surface area contributed by atoms with Crippen molar-refractivity contribution in [1.29, 1.82) is 0 Å². The molecule has 0 bridgehead atoms. The van der Waals surface area contributed by atoms with Crippen molar-refractivity contribution in [3.8, 4) is 0 Å². The Morgan fingerprint density at radius 2 is 1.69 bits per heavy atom. The van der Waals surface area contributed by atoms with Gasteiger partial charge in [-0.05, 0) is 17.4 Å². The monoisotopic (exact) mass is 220 g/mol. The predicted octanol–water partition coefficient (Wildman–Crippen LogP) is 3.47. The molecule has 16 heavy (non-hydrogen) atoms. The van der Waals surface area contributed by atoms with E-state index in [9.17, 15) is 9.90 Å². The van der Waals surface area contributed by atoms with Gasteiger partial charge in [-0.3, -0.25) is 4.79 Å². The first-order valence-electron chi connectivity index (χ1n) is 5.65. The lowest BCUT2D eigenvalue weighted by Gasteiger charge is -2.41. The Bertz CT molecular complexity index is 362. The van der Waals surface area contributed by atoms with Crippen molar-refractivity contribution in [2.45, 2.75) is 39.5 Å². The van der Waals surface area contributed by atoms with Crippen LogP contribution in [-0.4, -0.2) is 11.1 Å². The second-order valence-corrected chi connectivity index (χ2v) is 5.18. The van der Waals surface area contributed by atoms with E-state index in [1.807, 2.05) is 58.0 Å². The SMILES string of the molecule is CCC(C(=O)O)(c1ccccc1)C(C)(C)C. The molecule has 0 radical (unpaired) electrons. The number of benzene rings is 1. The quantitative estimate of drug-likeness (QED) is 0.847. The molecule has 0 aliphatic rings. The normalized spacial score (nSPS) is 15.5. The van der Waals surface area contributed by atoms with Crippen LogP contribution in [0.5, 0.6) is 0 Å². The summed E-state index contributed by atoms with van der Waals surface area (Å²) >= 11 is 0. The van der Waals surface area contributed by atoms with Crippen molar-refractivity contribution in [2.75, 3.05) is 0 Å². The standard InChI is InChI=1S/C14H20O2/c1-5-14(12(15)16,13(2,3)4)11-9-7-6-8-10-11/h6-10H,5H2,1-4H3,(H,15,16). The van der Waals surface area contributed by atoms with Gasteiger partial charge < -0.3 is 5.11 Å². The van der Waals surface area contributed by atoms with E-state index in [2.05, 4.69) is 0 Å². The van der Waals surface area contributed by atoms with Crippen molar-refractivity contribution in [1.82, 2.24) is 0 Å². The maximum absolute atomic E-state index is 11.7. The van der Waals surface area contributed by atoms with Crippen LogP contribution < -0.4 is 0 Å². The van der Waals surface area contributed by atoms with E-state index in [4.69, 9.17) is 0 Å². The van der Waals surface area contributed by atoms with E-state index < -0.39 is 11.4 Å². The van der Waals surface area contributed by atoms with E-state index in [0.29, 0.717) is 6.42 Å². The van der Waals surface area contributed by atoms with Crippen LogP contribution in [0, 0.1) is 5.41 Å². The molecule has 1 N–H and O–H groups in total. The highest BCUT2D eigenvalue weighted by molar-refractivity contribution is 5.82. The number of rotatable bonds is 3. The maximum Gasteiger partial charge on any atom is 0.314 e. The number of carbonyl (C=O) groups is 1. The number of carboxylic acid groups (broad SMARTS) is 1. The first-order valence-corrected chi connectivity index (χ1v) is 5.65. The Kier molecular flexibility index (Phi) is 3.41. The number of hydrogen-bond donors (Lipinski definition) is 1. The van der Waals surface area contributed by atoms with Gasteiger partial charge in [0, 0.05) is 0 Å². The zero-order valence-corrected chi connectivity index (χ0v) is 10.4. The molecule has 2 nitrogen and oxygen atoms in total. The first kappa shape index (κ1) is 12.8.